The predicted molar refractivity (Wildman–Crippen MR) is 96.8 cm³/mol. The van der Waals surface area contributed by atoms with E-state index in [2.05, 4.69) is 15.3 Å². The molecule has 0 bridgehead atoms. The van der Waals surface area contributed by atoms with Gasteiger partial charge in [-0.25, -0.2) is 0 Å². The molecule has 0 saturated carbocycles. The fourth-order valence-electron chi connectivity index (χ4n) is 1.85. The van der Waals surface area contributed by atoms with Crippen molar-refractivity contribution < 1.29 is 9.47 Å². The molecular weight excluding hydrogens is 332 g/mol. The number of aromatic nitrogens is 2. The van der Waals surface area contributed by atoms with E-state index in [0.717, 1.165) is 5.75 Å². The first-order valence-corrected chi connectivity index (χ1v) is 8.60. The van der Waals surface area contributed by atoms with Crippen LogP contribution in [0.5, 0.6) is 11.6 Å². The van der Waals surface area contributed by atoms with Gasteiger partial charge in [-0.15, -0.1) is 5.11 Å². The van der Waals surface area contributed by atoms with E-state index in [4.69, 9.17) is 21.7 Å². The third kappa shape index (κ3) is 4.08. The maximum Gasteiger partial charge on any atom is 0.246 e. The molecule has 0 amide bonds. The third-order valence-corrected chi connectivity index (χ3v) is 4.15. The number of rotatable bonds is 5. The van der Waals surface area contributed by atoms with E-state index in [9.17, 15) is 0 Å². The molecule has 0 saturated heterocycles. The Labute approximate surface area is 144 Å². The highest BCUT2D eigenvalue weighted by atomic mass is 32.2. The number of thiocarbonyl (C=S) groups is 1. The highest BCUT2D eigenvalue weighted by molar-refractivity contribution is 8.22. The number of nitrogens with zero attached hydrogens (tertiary/aromatic N) is 4. The van der Waals surface area contributed by atoms with Crippen LogP contribution < -0.4 is 9.47 Å². The van der Waals surface area contributed by atoms with Crippen LogP contribution in [0.2, 0.25) is 0 Å². The lowest BCUT2D eigenvalue weighted by Crippen LogP contribution is -2.09. The quantitative estimate of drug-likeness (QED) is 0.586. The van der Waals surface area contributed by atoms with E-state index >= 15 is 0 Å². The molecule has 0 aliphatic carbocycles. The molecule has 122 valence electrons. The van der Waals surface area contributed by atoms with Crippen molar-refractivity contribution in [1.29, 1.82) is 0 Å². The number of hydrogen-bond donors (Lipinski definition) is 0. The lowest BCUT2D eigenvalue weighted by molar-refractivity contribution is 0.321. The van der Waals surface area contributed by atoms with Crippen molar-refractivity contribution in [2.45, 2.75) is 13.8 Å². The van der Waals surface area contributed by atoms with Crippen molar-refractivity contribution in [3.63, 3.8) is 0 Å². The summed E-state index contributed by atoms with van der Waals surface area (Å²) >= 11 is 6.72. The van der Waals surface area contributed by atoms with Gasteiger partial charge in [0.15, 0.2) is 10.0 Å². The summed E-state index contributed by atoms with van der Waals surface area (Å²) in [6.07, 6.45) is 1.90. The van der Waals surface area contributed by atoms with Crippen LogP contribution in [0, 0.1) is 6.92 Å². The number of thioether (sulfide) groups is 1. The average molecular weight is 350 g/mol. The Balaban J connectivity index is 2.35. The lowest BCUT2D eigenvalue weighted by Gasteiger charge is -2.07. The fraction of sp³-hybridized carbons (Fsp3) is 0.333. The summed E-state index contributed by atoms with van der Waals surface area (Å²) in [5, 5.41) is 12.9. The Morgan fingerprint density at radius 2 is 2.00 bits per heavy atom. The molecule has 23 heavy (non-hydrogen) atoms. The van der Waals surface area contributed by atoms with Crippen LogP contribution >= 0.6 is 24.0 Å². The first-order chi connectivity index (χ1) is 11.1. The molecule has 0 atom stereocenters. The van der Waals surface area contributed by atoms with E-state index < -0.39 is 0 Å². The molecule has 0 radical (unpaired) electrons. The second-order valence-corrected chi connectivity index (χ2v) is 5.89. The molecule has 0 aliphatic rings. The summed E-state index contributed by atoms with van der Waals surface area (Å²) in [5.74, 6) is 1.29. The van der Waals surface area contributed by atoms with Gasteiger partial charge in [0.2, 0.25) is 5.88 Å². The zero-order valence-electron chi connectivity index (χ0n) is 13.4. The summed E-state index contributed by atoms with van der Waals surface area (Å²) in [6, 6.07) is 7.32. The summed E-state index contributed by atoms with van der Waals surface area (Å²) in [5.41, 5.74) is 2.01. The summed E-state index contributed by atoms with van der Waals surface area (Å²) in [6.45, 7) is 4.25. The third-order valence-electron chi connectivity index (χ3n) is 2.95. The number of benzene rings is 1. The van der Waals surface area contributed by atoms with Crippen LogP contribution in [0.25, 0.3) is 0 Å². The van der Waals surface area contributed by atoms with Crippen LogP contribution in [0.4, 0.5) is 11.4 Å². The van der Waals surface area contributed by atoms with E-state index in [1.807, 2.05) is 44.4 Å². The van der Waals surface area contributed by atoms with Crippen LogP contribution in [0.3, 0.4) is 0 Å². The number of ether oxygens (including phenoxy) is 2. The smallest absolute Gasteiger partial charge is 0.246 e. The van der Waals surface area contributed by atoms with Crippen LogP contribution in [-0.2, 0) is 0 Å². The van der Waals surface area contributed by atoms with E-state index in [1.165, 1.54) is 11.8 Å². The summed E-state index contributed by atoms with van der Waals surface area (Å²) < 4.78 is 13.0. The van der Waals surface area contributed by atoms with E-state index in [0.29, 0.717) is 33.9 Å². The van der Waals surface area contributed by atoms with Gasteiger partial charge in [0.1, 0.15) is 5.75 Å². The maximum absolute atomic E-state index is 5.66. The van der Waals surface area contributed by atoms with Crippen molar-refractivity contribution in [2.75, 3.05) is 20.0 Å². The average Bonchev–Trinajstić information content (AvgIpc) is 2.89. The number of azo groups is 1. The van der Waals surface area contributed by atoms with Crippen LogP contribution in [0.15, 0.2) is 34.5 Å². The van der Waals surface area contributed by atoms with Crippen molar-refractivity contribution in [1.82, 2.24) is 9.78 Å². The van der Waals surface area contributed by atoms with Gasteiger partial charge in [0.25, 0.3) is 0 Å². The van der Waals surface area contributed by atoms with Gasteiger partial charge in [0.05, 0.1) is 25.1 Å². The molecule has 2 rings (SSSR count). The predicted octanol–water partition coefficient (Wildman–Crippen LogP) is 4.51. The van der Waals surface area contributed by atoms with Crippen LogP contribution in [-0.4, -0.2) is 34.1 Å². The van der Waals surface area contributed by atoms with Gasteiger partial charge < -0.3 is 9.47 Å². The molecule has 1 aromatic heterocycles. The standard InChI is InChI=1S/C15H18N4O2S2/c1-5-21-14-13(10(2)18-19(14)15(22)23-4)17-16-11-6-8-12(20-3)9-7-11/h6-9H,5H2,1-4H3. The molecule has 0 aliphatic heterocycles. The van der Waals surface area contributed by atoms with Gasteiger partial charge >= 0.3 is 0 Å². The van der Waals surface area contributed by atoms with Crippen molar-refractivity contribution >= 4 is 39.7 Å². The number of methoxy groups -OCH3 is 1. The first-order valence-electron chi connectivity index (χ1n) is 6.97. The minimum Gasteiger partial charge on any atom is -0.497 e. The van der Waals surface area contributed by atoms with Crippen molar-refractivity contribution in [3.8, 4) is 11.6 Å². The van der Waals surface area contributed by atoms with Gasteiger partial charge in [-0.3, -0.25) is 0 Å². The maximum atomic E-state index is 5.66. The SMILES string of the molecule is CCOc1c(N=Nc2ccc(OC)cc2)c(C)nn1C(=S)SC. The summed E-state index contributed by atoms with van der Waals surface area (Å²) in [7, 11) is 1.62. The van der Waals surface area contributed by atoms with Gasteiger partial charge in [-0.2, -0.15) is 14.9 Å². The molecule has 0 unspecified atom stereocenters. The van der Waals surface area contributed by atoms with Crippen LogP contribution in [0.1, 0.15) is 12.6 Å². The molecule has 1 aromatic carbocycles. The lowest BCUT2D eigenvalue weighted by atomic mass is 10.3. The minimum absolute atomic E-state index is 0.493. The Morgan fingerprint density at radius 1 is 1.30 bits per heavy atom. The Hall–Kier alpha value is -1.93. The molecule has 6 nitrogen and oxygen atoms in total. The zero-order chi connectivity index (χ0) is 16.8. The Morgan fingerprint density at radius 3 is 2.57 bits per heavy atom. The number of hydrogen-bond acceptors (Lipinski definition) is 7. The second-order valence-electron chi connectivity index (χ2n) is 4.45. The minimum atomic E-state index is 0.493. The topological polar surface area (TPSA) is 61.0 Å². The monoisotopic (exact) mass is 350 g/mol. The Bertz CT molecular complexity index is 711. The Kier molecular flexibility index (Phi) is 6.12. The van der Waals surface area contributed by atoms with Crippen molar-refractivity contribution in [3.05, 3.63) is 30.0 Å². The highest BCUT2D eigenvalue weighted by Crippen LogP contribution is 2.34. The van der Waals surface area contributed by atoms with Crippen molar-refractivity contribution in [2.24, 2.45) is 10.2 Å². The normalized spacial score (nSPS) is 11.0. The number of aryl methyl sites for hydroxylation is 1. The first kappa shape index (κ1) is 17.4. The molecule has 2 aromatic rings. The van der Waals surface area contributed by atoms with Gasteiger partial charge in [0, 0.05) is 0 Å². The highest BCUT2D eigenvalue weighted by Gasteiger charge is 2.19. The van der Waals surface area contributed by atoms with Gasteiger partial charge in [-0.1, -0.05) is 24.0 Å². The molecule has 8 heteroatoms. The molecular formula is C15H18N4O2S2. The summed E-state index contributed by atoms with van der Waals surface area (Å²) in [4.78, 5) is 0. The molecule has 0 N–H and O–H groups in total. The largest absolute Gasteiger partial charge is 0.497 e. The molecule has 1 heterocycles. The molecule has 0 fully saturated rings. The second kappa shape index (κ2) is 8.07. The zero-order valence-corrected chi connectivity index (χ0v) is 15.1. The van der Waals surface area contributed by atoms with Gasteiger partial charge in [-0.05, 0) is 44.4 Å². The fourth-order valence-corrected chi connectivity index (χ4v) is 2.27. The van der Waals surface area contributed by atoms with E-state index in [-0.39, 0.29) is 0 Å². The molecule has 0 spiro atoms. The van der Waals surface area contributed by atoms with E-state index in [1.54, 1.807) is 11.8 Å².